The highest BCUT2D eigenvalue weighted by atomic mass is 16.3. The molecule has 0 aromatic rings. The van der Waals surface area contributed by atoms with E-state index >= 15 is 0 Å². The van der Waals surface area contributed by atoms with Crippen LogP contribution in [-0.4, -0.2) is 37.3 Å². The van der Waals surface area contributed by atoms with E-state index in [1.807, 2.05) is 0 Å². The summed E-state index contributed by atoms with van der Waals surface area (Å²) >= 11 is 0. The maximum Gasteiger partial charge on any atom is 0.221 e. The van der Waals surface area contributed by atoms with Gasteiger partial charge in [-0.3, -0.25) is 4.79 Å². The van der Waals surface area contributed by atoms with Crippen molar-refractivity contribution in [1.82, 2.24) is 10.6 Å². The minimum atomic E-state index is -0.338. The van der Waals surface area contributed by atoms with Crippen LogP contribution in [0.25, 0.3) is 0 Å². The lowest BCUT2D eigenvalue weighted by Gasteiger charge is -2.22. The number of nitrogens with one attached hydrogen (secondary N) is 2. The molecule has 1 unspecified atom stereocenters. The molecule has 90 valence electrons. The number of carbonyl (C=O) groups excluding carboxylic acids is 1. The summed E-state index contributed by atoms with van der Waals surface area (Å²) in [7, 11) is 1.62. The van der Waals surface area contributed by atoms with Crippen LogP contribution in [0.4, 0.5) is 0 Å². The van der Waals surface area contributed by atoms with E-state index in [9.17, 15) is 9.90 Å². The molecular formula is C11H24N2O2. The van der Waals surface area contributed by atoms with E-state index in [1.54, 1.807) is 7.05 Å². The maximum atomic E-state index is 10.9. The minimum Gasteiger partial charge on any atom is -0.392 e. The van der Waals surface area contributed by atoms with Crippen molar-refractivity contribution in [3.8, 4) is 0 Å². The third-order valence-corrected chi connectivity index (χ3v) is 2.04. The number of aliphatic hydroxyl groups excluding tert-OH is 1. The first-order valence-corrected chi connectivity index (χ1v) is 5.44. The third kappa shape index (κ3) is 9.69. The fourth-order valence-electron chi connectivity index (χ4n) is 1.37. The Bertz CT molecular complexity index is 188. The summed E-state index contributed by atoms with van der Waals surface area (Å²) in [6.45, 7) is 7.46. The summed E-state index contributed by atoms with van der Waals surface area (Å²) in [5, 5.41) is 15.3. The lowest BCUT2D eigenvalue weighted by molar-refractivity contribution is -0.120. The zero-order valence-corrected chi connectivity index (χ0v) is 10.3. The lowest BCUT2D eigenvalue weighted by atomic mass is 9.89. The van der Waals surface area contributed by atoms with Crippen molar-refractivity contribution in [3.63, 3.8) is 0 Å². The van der Waals surface area contributed by atoms with Crippen LogP contribution in [0.1, 0.15) is 33.6 Å². The number of carbonyl (C=O) groups is 1. The van der Waals surface area contributed by atoms with Crippen molar-refractivity contribution in [2.45, 2.75) is 39.7 Å². The van der Waals surface area contributed by atoms with Crippen molar-refractivity contribution in [2.24, 2.45) is 5.41 Å². The molecule has 0 spiro atoms. The van der Waals surface area contributed by atoms with Crippen LogP contribution in [0.15, 0.2) is 0 Å². The quantitative estimate of drug-likeness (QED) is 0.567. The van der Waals surface area contributed by atoms with E-state index in [4.69, 9.17) is 0 Å². The molecule has 0 aliphatic heterocycles. The second-order valence-corrected chi connectivity index (χ2v) is 5.05. The summed E-state index contributed by atoms with van der Waals surface area (Å²) in [6, 6.07) is 0. The predicted molar refractivity (Wildman–Crippen MR) is 61.6 cm³/mol. The van der Waals surface area contributed by atoms with Gasteiger partial charge >= 0.3 is 0 Å². The van der Waals surface area contributed by atoms with E-state index in [0.717, 1.165) is 6.42 Å². The standard InChI is InChI=1S/C11H24N2O2/c1-11(2,3)7-9(14)8-13-6-5-10(15)12-4/h9,13-14H,5-8H2,1-4H3,(H,12,15). The molecule has 0 radical (unpaired) electrons. The molecule has 0 aliphatic rings. The van der Waals surface area contributed by atoms with Gasteiger partial charge in [0.2, 0.25) is 5.91 Å². The summed E-state index contributed by atoms with van der Waals surface area (Å²) < 4.78 is 0. The Hall–Kier alpha value is -0.610. The Kier molecular flexibility index (Phi) is 6.52. The van der Waals surface area contributed by atoms with E-state index in [-0.39, 0.29) is 17.4 Å². The van der Waals surface area contributed by atoms with Crippen molar-refractivity contribution < 1.29 is 9.90 Å². The van der Waals surface area contributed by atoms with Gasteiger partial charge < -0.3 is 15.7 Å². The molecule has 0 aromatic heterocycles. The Morgan fingerprint density at radius 2 is 2.00 bits per heavy atom. The second-order valence-electron chi connectivity index (χ2n) is 5.05. The first kappa shape index (κ1) is 14.4. The van der Waals surface area contributed by atoms with Gasteiger partial charge in [-0.1, -0.05) is 20.8 Å². The van der Waals surface area contributed by atoms with E-state index in [0.29, 0.717) is 19.5 Å². The molecule has 4 nitrogen and oxygen atoms in total. The van der Waals surface area contributed by atoms with E-state index < -0.39 is 0 Å². The molecule has 15 heavy (non-hydrogen) atoms. The third-order valence-electron chi connectivity index (χ3n) is 2.04. The number of hydrogen-bond acceptors (Lipinski definition) is 3. The number of hydrogen-bond donors (Lipinski definition) is 3. The zero-order chi connectivity index (χ0) is 11.9. The molecule has 1 atom stereocenters. The number of aliphatic hydroxyl groups is 1. The average molecular weight is 216 g/mol. The second kappa shape index (κ2) is 6.80. The zero-order valence-electron chi connectivity index (χ0n) is 10.3. The Labute approximate surface area is 92.4 Å². The van der Waals surface area contributed by atoms with Crippen molar-refractivity contribution in [2.75, 3.05) is 20.1 Å². The van der Waals surface area contributed by atoms with Crippen LogP contribution in [0.3, 0.4) is 0 Å². The molecule has 0 bridgehead atoms. The SMILES string of the molecule is CNC(=O)CCNCC(O)CC(C)(C)C. The minimum absolute atomic E-state index is 0.0211. The molecule has 0 rings (SSSR count). The average Bonchev–Trinajstić information content (AvgIpc) is 2.09. The van der Waals surface area contributed by atoms with Crippen LogP contribution < -0.4 is 10.6 Å². The van der Waals surface area contributed by atoms with Gasteiger partial charge in [0.15, 0.2) is 0 Å². The fraction of sp³-hybridized carbons (Fsp3) is 0.909. The summed E-state index contributed by atoms with van der Waals surface area (Å²) in [5.41, 5.74) is 0.141. The molecule has 0 aromatic carbocycles. The van der Waals surface area contributed by atoms with Gasteiger partial charge in [-0.15, -0.1) is 0 Å². The molecule has 0 aliphatic carbocycles. The molecule has 1 amide bonds. The van der Waals surface area contributed by atoms with Gasteiger partial charge in [-0.25, -0.2) is 0 Å². The van der Waals surface area contributed by atoms with Gasteiger partial charge in [0.05, 0.1) is 6.10 Å². The smallest absolute Gasteiger partial charge is 0.221 e. The molecule has 3 N–H and O–H groups in total. The van der Waals surface area contributed by atoms with Crippen molar-refractivity contribution >= 4 is 5.91 Å². The molecule has 4 heteroatoms. The monoisotopic (exact) mass is 216 g/mol. The normalized spacial score (nSPS) is 13.7. The van der Waals surface area contributed by atoms with Gasteiger partial charge in [0.25, 0.3) is 0 Å². The summed E-state index contributed by atoms with van der Waals surface area (Å²) in [5.74, 6) is 0.0211. The highest BCUT2D eigenvalue weighted by Crippen LogP contribution is 2.20. The highest BCUT2D eigenvalue weighted by Gasteiger charge is 2.16. The number of amides is 1. The molecule has 0 heterocycles. The first-order valence-electron chi connectivity index (χ1n) is 5.44. The van der Waals surface area contributed by atoms with Crippen molar-refractivity contribution in [1.29, 1.82) is 0 Å². The molecule has 0 fully saturated rings. The van der Waals surface area contributed by atoms with Crippen LogP contribution >= 0.6 is 0 Å². The van der Waals surface area contributed by atoms with Gasteiger partial charge in [0.1, 0.15) is 0 Å². The molecule has 0 saturated heterocycles. The fourth-order valence-corrected chi connectivity index (χ4v) is 1.37. The first-order chi connectivity index (χ1) is 6.85. The van der Waals surface area contributed by atoms with Crippen LogP contribution in [-0.2, 0) is 4.79 Å². The summed E-state index contributed by atoms with van der Waals surface area (Å²) in [4.78, 5) is 10.9. The Morgan fingerprint density at radius 1 is 1.40 bits per heavy atom. The van der Waals surface area contributed by atoms with E-state index in [1.165, 1.54) is 0 Å². The number of rotatable bonds is 6. The van der Waals surface area contributed by atoms with Crippen molar-refractivity contribution in [3.05, 3.63) is 0 Å². The van der Waals surface area contributed by atoms with Gasteiger partial charge in [-0.2, -0.15) is 0 Å². The molecular weight excluding hydrogens is 192 g/mol. The Balaban J connectivity index is 3.47. The van der Waals surface area contributed by atoms with Crippen LogP contribution in [0.5, 0.6) is 0 Å². The van der Waals surface area contributed by atoms with Crippen LogP contribution in [0, 0.1) is 5.41 Å². The lowest BCUT2D eigenvalue weighted by Crippen LogP contribution is -2.32. The predicted octanol–water partition coefficient (Wildman–Crippen LogP) is 0.509. The van der Waals surface area contributed by atoms with Gasteiger partial charge in [0, 0.05) is 26.6 Å². The topological polar surface area (TPSA) is 61.4 Å². The maximum absolute atomic E-state index is 10.9. The summed E-state index contributed by atoms with van der Waals surface area (Å²) in [6.07, 6.45) is 0.883. The van der Waals surface area contributed by atoms with E-state index in [2.05, 4.69) is 31.4 Å². The van der Waals surface area contributed by atoms with Crippen LogP contribution in [0.2, 0.25) is 0 Å². The Morgan fingerprint density at radius 3 is 2.47 bits per heavy atom. The molecule has 0 saturated carbocycles. The largest absolute Gasteiger partial charge is 0.392 e. The van der Waals surface area contributed by atoms with Gasteiger partial charge in [-0.05, 0) is 11.8 Å². The highest BCUT2D eigenvalue weighted by molar-refractivity contribution is 5.75.